The molecule has 2 aromatic rings. The SMILES string of the molecule is CN(C)c1ccc(CNC(=O)C2CCCN2S(=O)(=O)c2ccc3c(c2)OCCO3)cc1. The Hall–Kier alpha value is -2.78. The molecule has 2 aliphatic heterocycles. The van der Waals surface area contributed by atoms with Crippen molar-refractivity contribution in [1.29, 1.82) is 0 Å². The van der Waals surface area contributed by atoms with Gasteiger partial charge in [-0.25, -0.2) is 8.42 Å². The van der Waals surface area contributed by atoms with Gasteiger partial charge in [-0.15, -0.1) is 0 Å². The van der Waals surface area contributed by atoms with Crippen molar-refractivity contribution in [2.75, 3.05) is 38.8 Å². The third-order valence-electron chi connectivity index (χ3n) is 5.55. The molecule has 0 radical (unpaired) electrons. The van der Waals surface area contributed by atoms with Crippen LogP contribution in [-0.4, -0.2) is 58.5 Å². The van der Waals surface area contributed by atoms with Crippen LogP contribution < -0.4 is 19.7 Å². The molecule has 2 heterocycles. The van der Waals surface area contributed by atoms with Gasteiger partial charge in [-0.2, -0.15) is 4.31 Å². The van der Waals surface area contributed by atoms with Crippen LogP contribution in [0.25, 0.3) is 0 Å². The first kappa shape index (κ1) is 21.5. The minimum absolute atomic E-state index is 0.107. The molecule has 1 N–H and O–H groups in total. The first-order chi connectivity index (χ1) is 14.9. The van der Waals surface area contributed by atoms with E-state index in [2.05, 4.69) is 5.32 Å². The highest BCUT2D eigenvalue weighted by Gasteiger charge is 2.39. The highest BCUT2D eigenvalue weighted by molar-refractivity contribution is 7.89. The summed E-state index contributed by atoms with van der Waals surface area (Å²) in [5.41, 5.74) is 2.03. The predicted octanol–water partition coefficient (Wildman–Crippen LogP) is 1.99. The molecule has 1 unspecified atom stereocenters. The largest absolute Gasteiger partial charge is 0.486 e. The van der Waals surface area contributed by atoms with Crippen molar-refractivity contribution < 1.29 is 22.7 Å². The zero-order chi connectivity index (χ0) is 22.0. The monoisotopic (exact) mass is 445 g/mol. The van der Waals surface area contributed by atoms with E-state index in [-0.39, 0.29) is 10.8 Å². The Morgan fingerprint density at radius 2 is 1.81 bits per heavy atom. The minimum Gasteiger partial charge on any atom is -0.486 e. The van der Waals surface area contributed by atoms with Gasteiger partial charge in [0.1, 0.15) is 19.3 Å². The van der Waals surface area contributed by atoms with Gasteiger partial charge in [-0.3, -0.25) is 4.79 Å². The van der Waals surface area contributed by atoms with Crippen molar-refractivity contribution in [2.24, 2.45) is 0 Å². The minimum atomic E-state index is -3.83. The van der Waals surface area contributed by atoms with Gasteiger partial charge in [0.05, 0.1) is 4.90 Å². The maximum absolute atomic E-state index is 13.3. The number of nitrogens with one attached hydrogen (secondary N) is 1. The van der Waals surface area contributed by atoms with Crippen LogP contribution in [-0.2, 0) is 21.4 Å². The van der Waals surface area contributed by atoms with E-state index in [1.807, 2.05) is 43.3 Å². The Morgan fingerprint density at radius 3 is 2.52 bits per heavy atom. The molecule has 1 saturated heterocycles. The van der Waals surface area contributed by atoms with E-state index in [1.54, 1.807) is 6.07 Å². The third kappa shape index (κ3) is 4.47. The first-order valence-corrected chi connectivity index (χ1v) is 11.8. The molecule has 0 aliphatic carbocycles. The lowest BCUT2D eigenvalue weighted by molar-refractivity contribution is -0.124. The molecule has 0 spiro atoms. The molecule has 2 aliphatic rings. The lowest BCUT2D eigenvalue weighted by atomic mass is 10.2. The fraction of sp³-hybridized carbons (Fsp3) is 0.409. The second-order valence-electron chi connectivity index (χ2n) is 7.86. The molecule has 9 heteroatoms. The number of anilines is 1. The van der Waals surface area contributed by atoms with E-state index >= 15 is 0 Å². The van der Waals surface area contributed by atoms with Gasteiger partial charge in [0.15, 0.2) is 11.5 Å². The molecule has 1 atom stereocenters. The van der Waals surface area contributed by atoms with Gasteiger partial charge >= 0.3 is 0 Å². The number of nitrogens with zero attached hydrogens (tertiary/aromatic N) is 2. The van der Waals surface area contributed by atoms with E-state index in [4.69, 9.17) is 9.47 Å². The summed E-state index contributed by atoms with van der Waals surface area (Å²) in [6.45, 7) is 1.47. The molecule has 166 valence electrons. The topological polar surface area (TPSA) is 88.2 Å². The van der Waals surface area contributed by atoms with Crippen LogP contribution in [0.5, 0.6) is 11.5 Å². The maximum atomic E-state index is 13.3. The number of carbonyl (C=O) groups excluding carboxylic acids is 1. The van der Waals surface area contributed by atoms with Crippen molar-refractivity contribution in [3.8, 4) is 11.5 Å². The van der Waals surface area contributed by atoms with Gasteiger partial charge in [0, 0.05) is 38.9 Å². The van der Waals surface area contributed by atoms with Crippen molar-refractivity contribution in [1.82, 2.24) is 9.62 Å². The number of sulfonamides is 1. The Bertz CT molecular complexity index is 1050. The Labute approximate surface area is 182 Å². The Morgan fingerprint density at radius 1 is 1.10 bits per heavy atom. The standard InChI is InChI=1S/C22H27N3O5S/c1-24(2)17-7-5-16(6-8-17)15-23-22(26)19-4-3-11-25(19)31(27,28)18-9-10-20-21(14-18)30-13-12-29-20/h5-10,14,19H,3-4,11-13,15H2,1-2H3,(H,23,26). The maximum Gasteiger partial charge on any atom is 0.243 e. The van der Waals surface area contributed by atoms with Crippen LogP contribution >= 0.6 is 0 Å². The van der Waals surface area contributed by atoms with E-state index in [0.717, 1.165) is 11.3 Å². The smallest absolute Gasteiger partial charge is 0.243 e. The van der Waals surface area contributed by atoms with E-state index < -0.39 is 16.1 Å². The fourth-order valence-corrected chi connectivity index (χ4v) is 5.50. The summed E-state index contributed by atoms with van der Waals surface area (Å²) in [6, 6.07) is 11.7. The average Bonchev–Trinajstić information content (AvgIpc) is 3.28. The second-order valence-corrected chi connectivity index (χ2v) is 9.75. The van der Waals surface area contributed by atoms with Gasteiger partial charge < -0.3 is 19.7 Å². The molecular weight excluding hydrogens is 418 g/mol. The van der Waals surface area contributed by atoms with Gasteiger partial charge in [-0.05, 0) is 42.7 Å². The Kier molecular flexibility index (Phi) is 6.06. The molecule has 0 saturated carbocycles. The van der Waals surface area contributed by atoms with Crippen LogP contribution in [0.15, 0.2) is 47.4 Å². The van der Waals surface area contributed by atoms with Crippen LogP contribution in [0, 0.1) is 0 Å². The van der Waals surface area contributed by atoms with Crippen LogP contribution in [0.1, 0.15) is 18.4 Å². The quantitative estimate of drug-likeness (QED) is 0.732. The summed E-state index contributed by atoms with van der Waals surface area (Å²) in [5, 5.41) is 2.89. The number of ether oxygens (including phenoxy) is 2. The van der Waals surface area contributed by atoms with Gasteiger partial charge in [-0.1, -0.05) is 12.1 Å². The summed E-state index contributed by atoms with van der Waals surface area (Å²) in [5.74, 6) is 0.658. The number of rotatable bonds is 6. The fourth-order valence-electron chi connectivity index (χ4n) is 3.83. The molecular formula is C22H27N3O5S. The number of hydrogen-bond acceptors (Lipinski definition) is 6. The lowest BCUT2D eigenvalue weighted by Gasteiger charge is -2.24. The van der Waals surface area contributed by atoms with E-state index in [9.17, 15) is 13.2 Å². The van der Waals surface area contributed by atoms with Crippen LogP contribution in [0.3, 0.4) is 0 Å². The number of benzene rings is 2. The molecule has 31 heavy (non-hydrogen) atoms. The second kappa shape index (κ2) is 8.76. The first-order valence-electron chi connectivity index (χ1n) is 10.3. The van der Waals surface area contributed by atoms with E-state index in [0.29, 0.717) is 50.6 Å². The molecule has 1 amide bonds. The number of amides is 1. The molecule has 0 bridgehead atoms. The summed E-state index contributed by atoms with van der Waals surface area (Å²) >= 11 is 0. The number of carbonyl (C=O) groups is 1. The van der Waals surface area contributed by atoms with Crippen molar-refractivity contribution in [2.45, 2.75) is 30.3 Å². The number of hydrogen-bond donors (Lipinski definition) is 1. The molecule has 8 nitrogen and oxygen atoms in total. The molecule has 2 aromatic carbocycles. The van der Waals surface area contributed by atoms with E-state index in [1.165, 1.54) is 16.4 Å². The van der Waals surface area contributed by atoms with Gasteiger partial charge in [0.2, 0.25) is 15.9 Å². The Balaban J connectivity index is 1.45. The molecule has 1 fully saturated rings. The van der Waals surface area contributed by atoms with Crippen molar-refractivity contribution >= 4 is 21.6 Å². The predicted molar refractivity (Wildman–Crippen MR) is 117 cm³/mol. The lowest BCUT2D eigenvalue weighted by Crippen LogP contribution is -2.45. The summed E-state index contributed by atoms with van der Waals surface area (Å²) in [6.07, 6.45) is 1.13. The normalized spacial score (nSPS) is 18.6. The third-order valence-corrected chi connectivity index (χ3v) is 7.45. The summed E-state index contributed by atoms with van der Waals surface area (Å²) in [7, 11) is 0.0987. The zero-order valence-corrected chi connectivity index (χ0v) is 18.5. The highest BCUT2D eigenvalue weighted by atomic mass is 32.2. The van der Waals surface area contributed by atoms with Crippen LogP contribution in [0.4, 0.5) is 5.69 Å². The number of fused-ring (bicyclic) bond motifs is 1. The van der Waals surface area contributed by atoms with Gasteiger partial charge in [0.25, 0.3) is 0 Å². The highest BCUT2D eigenvalue weighted by Crippen LogP contribution is 2.34. The van der Waals surface area contributed by atoms with Crippen LogP contribution in [0.2, 0.25) is 0 Å². The summed E-state index contributed by atoms with van der Waals surface area (Å²) in [4.78, 5) is 15.0. The average molecular weight is 446 g/mol. The molecule has 4 rings (SSSR count). The summed E-state index contributed by atoms with van der Waals surface area (Å²) < 4.78 is 38.8. The van der Waals surface area contributed by atoms with Crippen molar-refractivity contribution in [3.63, 3.8) is 0 Å². The van der Waals surface area contributed by atoms with Crippen molar-refractivity contribution in [3.05, 3.63) is 48.0 Å². The molecule has 0 aromatic heterocycles. The zero-order valence-electron chi connectivity index (χ0n) is 17.7.